The van der Waals surface area contributed by atoms with E-state index in [1.807, 2.05) is 0 Å². The number of esters is 1. The number of sulfonamides is 1. The molecule has 0 bridgehead atoms. The van der Waals surface area contributed by atoms with Gasteiger partial charge in [-0.25, -0.2) is 27.5 Å². The van der Waals surface area contributed by atoms with Crippen LogP contribution in [0.4, 0.5) is 37.1 Å². The number of aryl methyl sites for hydroxylation is 2. The lowest BCUT2D eigenvalue weighted by Crippen LogP contribution is -2.35. The zero-order valence-electron chi connectivity index (χ0n) is 28.3. The quantitative estimate of drug-likeness (QED) is 0.0988. The van der Waals surface area contributed by atoms with E-state index in [1.54, 1.807) is 4.72 Å². The maximum absolute atomic E-state index is 12.7. The number of aromatic nitrogens is 3. The fourth-order valence-corrected chi connectivity index (χ4v) is 5.63. The van der Waals surface area contributed by atoms with Crippen LogP contribution in [0.25, 0.3) is 0 Å². The molecule has 14 nitrogen and oxygen atoms in total. The highest BCUT2D eigenvalue weighted by Gasteiger charge is 2.31. The molecule has 0 unspecified atom stereocenters. The van der Waals surface area contributed by atoms with E-state index >= 15 is 0 Å². The van der Waals surface area contributed by atoms with Gasteiger partial charge in [0, 0.05) is 6.42 Å². The number of benzene rings is 3. The highest BCUT2D eigenvalue weighted by Crippen LogP contribution is 2.37. The zero-order valence-corrected chi connectivity index (χ0v) is 30.6. The highest BCUT2D eigenvalue weighted by molar-refractivity contribution is 7.90. The van der Waals surface area contributed by atoms with Crippen molar-refractivity contribution in [2.45, 2.75) is 50.0 Å². The number of urea groups is 1. The second-order valence-electron chi connectivity index (χ2n) is 10.7. The number of ether oxygens (including phenoxy) is 3. The highest BCUT2D eigenvalue weighted by atomic mass is 35.5. The minimum atomic E-state index is -4.56. The SMILES string of the molecule is COc1nc(C)nc(NC(=O)NS(=O)(=O)c2ccccc2CCC(F)(F)F)n1.C[C@H](OC(=O)c1cc(Oc2ccc(C(F)(F)F)cc2Cl)ccc1Cl)C(=O)O. The Kier molecular flexibility index (Phi) is 14.6. The van der Waals surface area contributed by atoms with E-state index < -0.39 is 69.8 Å². The van der Waals surface area contributed by atoms with Crippen LogP contribution in [0, 0.1) is 6.92 Å². The van der Waals surface area contributed by atoms with Crippen molar-refractivity contribution in [3.05, 3.63) is 93.2 Å². The van der Waals surface area contributed by atoms with Gasteiger partial charge in [-0.3, -0.25) is 5.32 Å². The molecule has 0 fully saturated rings. The number of anilines is 1. The molecule has 1 atom stereocenters. The summed E-state index contributed by atoms with van der Waals surface area (Å²) < 4.78 is 117. The first kappa shape index (κ1) is 44.0. The number of carboxylic acids is 1. The summed E-state index contributed by atoms with van der Waals surface area (Å²) >= 11 is 11.7. The molecule has 2 amide bonds. The van der Waals surface area contributed by atoms with E-state index in [4.69, 9.17) is 42.5 Å². The Morgan fingerprint density at radius 2 is 1.60 bits per heavy atom. The summed E-state index contributed by atoms with van der Waals surface area (Å²) in [4.78, 5) is 45.7. The Hall–Kier alpha value is -5.41. The van der Waals surface area contributed by atoms with Crippen LogP contribution in [0.3, 0.4) is 0 Å². The first-order valence-corrected chi connectivity index (χ1v) is 17.3. The molecule has 0 aliphatic carbocycles. The van der Waals surface area contributed by atoms with E-state index in [2.05, 4.69) is 20.3 Å². The molecule has 3 N–H and O–H groups in total. The summed E-state index contributed by atoms with van der Waals surface area (Å²) in [5, 5.41) is 10.6. The first-order chi connectivity index (χ1) is 25.5. The first-order valence-electron chi connectivity index (χ1n) is 15.0. The smallest absolute Gasteiger partial charge is 0.416 e. The molecule has 0 aliphatic heterocycles. The number of alkyl halides is 6. The molecule has 0 saturated carbocycles. The van der Waals surface area contributed by atoms with Gasteiger partial charge in [0.15, 0.2) is 6.10 Å². The van der Waals surface area contributed by atoms with Crippen LogP contribution in [-0.2, 0) is 32.2 Å². The van der Waals surface area contributed by atoms with E-state index in [9.17, 15) is 49.1 Å². The third kappa shape index (κ3) is 13.4. The number of nitrogens with one attached hydrogen (secondary N) is 2. The molecule has 0 radical (unpaired) electrons. The Labute approximate surface area is 317 Å². The van der Waals surface area contributed by atoms with Gasteiger partial charge in [0.05, 0.1) is 33.2 Å². The fraction of sp³-hybridized carbons (Fsp3) is 0.250. The largest absolute Gasteiger partial charge is 0.479 e. The minimum absolute atomic E-state index is 0.0246. The van der Waals surface area contributed by atoms with E-state index in [-0.39, 0.29) is 50.5 Å². The number of carbonyl (C=O) groups is 3. The van der Waals surface area contributed by atoms with Gasteiger partial charge in [-0.05, 0) is 68.3 Å². The number of halogens is 8. The van der Waals surface area contributed by atoms with Crippen molar-refractivity contribution >= 4 is 57.1 Å². The fourth-order valence-electron chi connectivity index (χ4n) is 4.04. The third-order valence-corrected chi connectivity index (χ3v) is 8.63. The van der Waals surface area contributed by atoms with Crippen molar-refractivity contribution in [3.63, 3.8) is 0 Å². The maximum atomic E-state index is 12.7. The summed E-state index contributed by atoms with van der Waals surface area (Å²) in [6, 6.07) is 10.1. The normalized spacial score (nSPS) is 12.1. The number of amides is 2. The van der Waals surface area contributed by atoms with Crippen molar-refractivity contribution in [2.75, 3.05) is 12.4 Å². The lowest BCUT2D eigenvalue weighted by molar-refractivity contribution is -0.146. The molecule has 296 valence electrons. The summed E-state index contributed by atoms with van der Waals surface area (Å²) in [5.74, 6) is -2.44. The van der Waals surface area contributed by atoms with Crippen LogP contribution in [0.5, 0.6) is 17.5 Å². The van der Waals surface area contributed by atoms with Gasteiger partial charge in [-0.1, -0.05) is 41.4 Å². The van der Waals surface area contributed by atoms with Gasteiger partial charge in [0.1, 0.15) is 17.3 Å². The molecule has 0 saturated heterocycles. The number of carbonyl (C=O) groups excluding carboxylic acids is 2. The number of hydrogen-bond acceptors (Lipinski definition) is 11. The van der Waals surface area contributed by atoms with E-state index in [0.717, 1.165) is 31.2 Å². The molecule has 4 rings (SSSR count). The number of carboxylic acid groups (broad SMARTS) is 1. The number of hydrogen-bond donors (Lipinski definition) is 3. The maximum Gasteiger partial charge on any atom is 0.416 e. The third-order valence-electron chi connectivity index (χ3n) is 6.58. The molecule has 1 aromatic heterocycles. The number of methoxy groups -OCH3 is 1. The average Bonchev–Trinajstić information content (AvgIpc) is 3.08. The summed E-state index contributed by atoms with van der Waals surface area (Å²) in [5.41, 5.74) is -1.19. The predicted octanol–water partition coefficient (Wildman–Crippen LogP) is 7.63. The predicted molar refractivity (Wildman–Crippen MR) is 182 cm³/mol. The average molecular weight is 843 g/mol. The van der Waals surface area contributed by atoms with Gasteiger partial charge in [0.2, 0.25) is 5.95 Å². The zero-order chi connectivity index (χ0) is 41.3. The second-order valence-corrected chi connectivity index (χ2v) is 13.2. The van der Waals surface area contributed by atoms with Crippen LogP contribution in [-0.4, -0.2) is 65.8 Å². The van der Waals surface area contributed by atoms with Gasteiger partial charge in [0.25, 0.3) is 10.0 Å². The lowest BCUT2D eigenvalue weighted by Gasteiger charge is -2.13. The molecule has 3 aromatic carbocycles. The molecule has 0 spiro atoms. The van der Waals surface area contributed by atoms with Crippen LogP contribution < -0.4 is 19.5 Å². The molecule has 1 heterocycles. The summed E-state index contributed by atoms with van der Waals surface area (Å²) in [6.07, 6.45) is -12.2. The molecular weight excluding hydrogens is 815 g/mol. The van der Waals surface area contributed by atoms with Crippen LogP contribution in [0.1, 0.15) is 40.7 Å². The van der Waals surface area contributed by atoms with Crippen LogP contribution in [0.15, 0.2) is 65.6 Å². The van der Waals surface area contributed by atoms with Crippen molar-refractivity contribution in [1.29, 1.82) is 0 Å². The molecule has 0 aliphatic rings. The topological polar surface area (TPSA) is 196 Å². The Morgan fingerprint density at radius 3 is 2.20 bits per heavy atom. The van der Waals surface area contributed by atoms with Crippen LogP contribution >= 0.6 is 23.2 Å². The standard InChI is InChI=1S/C17H11Cl2F3O5.C15H16F3N5O4S/c1-8(15(23)24)26-16(25)11-7-10(3-4-12(11)18)27-14-5-2-9(6-13(14)19)17(20,21)22;1-9-19-12(22-14(20-9)27-2)21-13(24)23-28(25,26)11-6-4-3-5-10(11)7-8-15(16,17)18/h2-8H,1H3,(H,23,24);3-6H,7-8H2,1-2H3,(H2,19,20,21,22,23,24)/t8-;/m0./s1. The molecule has 23 heteroatoms. The number of nitrogens with zero attached hydrogens (tertiary/aromatic N) is 3. The van der Waals surface area contributed by atoms with Gasteiger partial charge < -0.3 is 19.3 Å². The number of rotatable bonds is 11. The van der Waals surface area contributed by atoms with Gasteiger partial charge in [-0.15, -0.1) is 0 Å². The Morgan fingerprint density at radius 1 is 0.927 bits per heavy atom. The number of aliphatic carboxylic acids is 1. The lowest BCUT2D eigenvalue weighted by atomic mass is 10.1. The minimum Gasteiger partial charge on any atom is -0.479 e. The molecule has 4 aromatic rings. The van der Waals surface area contributed by atoms with Crippen molar-refractivity contribution in [1.82, 2.24) is 19.7 Å². The Bertz CT molecular complexity index is 2160. The molecule has 55 heavy (non-hydrogen) atoms. The summed E-state index contributed by atoms with van der Waals surface area (Å²) in [7, 11) is -3.14. The van der Waals surface area contributed by atoms with E-state index in [0.29, 0.717) is 6.07 Å². The van der Waals surface area contributed by atoms with Crippen molar-refractivity contribution in [3.8, 4) is 17.5 Å². The van der Waals surface area contributed by atoms with Gasteiger partial charge in [-0.2, -0.15) is 41.3 Å². The van der Waals surface area contributed by atoms with Crippen LogP contribution in [0.2, 0.25) is 10.0 Å². The Balaban J connectivity index is 0.000000296. The monoisotopic (exact) mass is 841 g/mol. The van der Waals surface area contributed by atoms with E-state index in [1.165, 1.54) is 44.4 Å². The molecular formula is C32H27Cl2F6N5O9S. The second kappa shape index (κ2) is 18.3. The summed E-state index contributed by atoms with van der Waals surface area (Å²) in [6.45, 7) is 2.66. The van der Waals surface area contributed by atoms with Crippen molar-refractivity contribution in [2.24, 2.45) is 0 Å². The van der Waals surface area contributed by atoms with Gasteiger partial charge >= 0.3 is 36.3 Å². The van der Waals surface area contributed by atoms with Crippen molar-refractivity contribution < 1.29 is 68.5 Å².